The van der Waals surface area contributed by atoms with E-state index in [1.54, 1.807) is 55.4 Å². The summed E-state index contributed by atoms with van der Waals surface area (Å²) in [5.74, 6) is -0.315. The van der Waals surface area contributed by atoms with Gasteiger partial charge in [-0.3, -0.25) is 9.59 Å². The van der Waals surface area contributed by atoms with E-state index in [9.17, 15) is 14.4 Å². The molecule has 3 rings (SSSR count). The molecule has 0 N–H and O–H groups in total. The van der Waals surface area contributed by atoms with Gasteiger partial charge in [-0.2, -0.15) is 0 Å². The molecule has 140 valence electrons. The normalized spacial score (nSPS) is 12.9. The van der Waals surface area contributed by atoms with E-state index in [-0.39, 0.29) is 25.0 Å². The van der Waals surface area contributed by atoms with Crippen molar-refractivity contribution in [3.63, 3.8) is 0 Å². The maximum Gasteiger partial charge on any atom is 0.337 e. The molecule has 7 heteroatoms. The Morgan fingerprint density at radius 3 is 2.63 bits per heavy atom. The lowest BCUT2D eigenvalue weighted by molar-refractivity contribution is -0.121. The van der Waals surface area contributed by atoms with Gasteiger partial charge in [-0.05, 0) is 35.9 Å². The molecule has 1 aliphatic rings. The molecule has 0 radical (unpaired) electrons. The summed E-state index contributed by atoms with van der Waals surface area (Å²) in [6, 6.07) is 11.9. The molecule has 0 unspecified atom stereocenters. The number of hydrogen-bond donors (Lipinski definition) is 0. The fourth-order valence-corrected chi connectivity index (χ4v) is 2.86. The molecule has 0 spiro atoms. The van der Waals surface area contributed by atoms with Gasteiger partial charge in [0.1, 0.15) is 5.75 Å². The Balaban J connectivity index is 1.94. The molecule has 0 aromatic heterocycles. The molecule has 0 aliphatic carbocycles. The number of ether oxygens (including phenoxy) is 2. The first-order valence-corrected chi connectivity index (χ1v) is 8.37. The molecule has 2 aromatic carbocycles. The fourth-order valence-electron chi connectivity index (χ4n) is 2.86. The lowest BCUT2D eigenvalue weighted by Gasteiger charge is -2.30. The van der Waals surface area contributed by atoms with Crippen LogP contribution in [0.15, 0.2) is 42.5 Å². The third-order valence-corrected chi connectivity index (χ3v) is 4.24. The summed E-state index contributed by atoms with van der Waals surface area (Å²) in [6.07, 6.45) is 0. The van der Waals surface area contributed by atoms with Gasteiger partial charge in [-0.15, -0.1) is 0 Å². The van der Waals surface area contributed by atoms with Crippen molar-refractivity contribution in [2.45, 2.75) is 6.54 Å². The first kappa shape index (κ1) is 18.4. The quantitative estimate of drug-likeness (QED) is 0.773. The Bertz CT molecular complexity index is 907. The van der Waals surface area contributed by atoms with E-state index in [4.69, 9.17) is 9.47 Å². The minimum absolute atomic E-state index is 0.0825. The Morgan fingerprint density at radius 1 is 1.15 bits per heavy atom. The van der Waals surface area contributed by atoms with E-state index in [2.05, 4.69) is 0 Å². The molecule has 1 heterocycles. The molecule has 0 atom stereocenters. The van der Waals surface area contributed by atoms with E-state index >= 15 is 0 Å². The Labute approximate surface area is 157 Å². The molecule has 0 bridgehead atoms. The zero-order chi connectivity index (χ0) is 19.6. The van der Waals surface area contributed by atoms with Crippen molar-refractivity contribution in [3.8, 4) is 5.75 Å². The van der Waals surface area contributed by atoms with Crippen LogP contribution in [0.1, 0.15) is 26.3 Å². The SMILES string of the molecule is COC(=O)c1ccc2c(c1)N(Cc1cccc(C(=O)N(C)C)c1)C(=O)CO2. The number of nitrogens with zero attached hydrogens (tertiary/aromatic N) is 2. The van der Waals surface area contributed by atoms with Gasteiger partial charge in [0.2, 0.25) is 0 Å². The van der Waals surface area contributed by atoms with E-state index in [0.717, 1.165) is 5.56 Å². The molecular formula is C20H20N2O5. The van der Waals surface area contributed by atoms with Crippen molar-refractivity contribution in [1.82, 2.24) is 4.90 Å². The Hall–Kier alpha value is -3.35. The molecular weight excluding hydrogens is 348 g/mol. The smallest absolute Gasteiger partial charge is 0.337 e. The van der Waals surface area contributed by atoms with Crippen LogP contribution >= 0.6 is 0 Å². The number of hydrogen-bond acceptors (Lipinski definition) is 5. The predicted molar refractivity (Wildman–Crippen MR) is 98.9 cm³/mol. The Morgan fingerprint density at radius 2 is 1.93 bits per heavy atom. The third-order valence-electron chi connectivity index (χ3n) is 4.24. The van der Waals surface area contributed by atoms with Crippen molar-refractivity contribution in [2.75, 3.05) is 32.7 Å². The molecule has 2 aromatic rings. The third kappa shape index (κ3) is 3.76. The highest BCUT2D eigenvalue weighted by atomic mass is 16.5. The maximum atomic E-state index is 12.4. The predicted octanol–water partition coefficient (Wildman–Crippen LogP) is 2.10. The van der Waals surface area contributed by atoms with Gasteiger partial charge in [-0.25, -0.2) is 4.79 Å². The van der Waals surface area contributed by atoms with Crippen LogP contribution in [0.4, 0.5) is 5.69 Å². The molecule has 0 saturated heterocycles. The van der Waals surface area contributed by atoms with Gasteiger partial charge >= 0.3 is 5.97 Å². The topological polar surface area (TPSA) is 76.2 Å². The van der Waals surface area contributed by atoms with E-state index in [0.29, 0.717) is 22.6 Å². The number of amides is 2. The number of carbonyl (C=O) groups is 3. The summed E-state index contributed by atoms with van der Waals surface area (Å²) >= 11 is 0. The maximum absolute atomic E-state index is 12.4. The summed E-state index contributed by atoms with van der Waals surface area (Å²) < 4.78 is 10.2. The first-order chi connectivity index (χ1) is 12.9. The van der Waals surface area contributed by atoms with Crippen molar-refractivity contribution in [1.29, 1.82) is 0 Å². The van der Waals surface area contributed by atoms with E-state index < -0.39 is 5.97 Å². The second-order valence-corrected chi connectivity index (χ2v) is 6.34. The number of methoxy groups -OCH3 is 1. The summed E-state index contributed by atoms with van der Waals surface area (Å²) in [5, 5.41) is 0. The summed E-state index contributed by atoms with van der Waals surface area (Å²) in [7, 11) is 4.67. The number of benzene rings is 2. The van der Waals surface area contributed by atoms with E-state index in [1.165, 1.54) is 12.0 Å². The average Bonchev–Trinajstić information content (AvgIpc) is 2.68. The van der Waals surface area contributed by atoms with Crippen LogP contribution in [0, 0.1) is 0 Å². The lowest BCUT2D eigenvalue weighted by Crippen LogP contribution is -2.38. The fraction of sp³-hybridized carbons (Fsp3) is 0.250. The number of esters is 1. The van der Waals surface area contributed by atoms with Crippen molar-refractivity contribution < 1.29 is 23.9 Å². The van der Waals surface area contributed by atoms with Gasteiger partial charge in [0.05, 0.1) is 24.9 Å². The average molecular weight is 368 g/mol. The number of fused-ring (bicyclic) bond motifs is 1. The lowest BCUT2D eigenvalue weighted by atomic mass is 10.1. The van der Waals surface area contributed by atoms with Crippen molar-refractivity contribution in [3.05, 3.63) is 59.2 Å². The highest BCUT2D eigenvalue weighted by Gasteiger charge is 2.27. The minimum Gasteiger partial charge on any atom is -0.482 e. The van der Waals surface area contributed by atoms with Crippen LogP contribution < -0.4 is 9.64 Å². The zero-order valence-corrected chi connectivity index (χ0v) is 15.4. The van der Waals surface area contributed by atoms with Gasteiger partial charge in [0.25, 0.3) is 11.8 Å². The number of anilines is 1. The van der Waals surface area contributed by atoms with Crippen molar-refractivity contribution in [2.24, 2.45) is 0 Å². The molecule has 0 saturated carbocycles. The van der Waals surface area contributed by atoms with Crippen LogP contribution in [0.2, 0.25) is 0 Å². The largest absolute Gasteiger partial charge is 0.482 e. The zero-order valence-electron chi connectivity index (χ0n) is 15.4. The first-order valence-electron chi connectivity index (χ1n) is 8.37. The molecule has 27 heavy (non-hydrogen) atoms. The van der Waals surface area contributed by atoms with Crippen LogP contribution in [0.3, 0.4) is 0 Å². The van der Waals surface area contributed by atoms with Gasteiger partial charge in [0, 0.05) is 19.7 Å². The second-order valence-electron chi connectivity index (χ2n) is 6.34. The second kappa shape index (κ2) is 7.49. The van der Waals surface area contributed by atoms with Crippen LogP contribution in [0.5, 0.6) is 5.75 Å². The van der Waals surface area contributed by atoms with Crippen LogP contribution in [0.25, 0.3) is 0 Å². The van der Waals surface area contributed by atoms with Crippen molar-refractivity contribution >= 4 is 23.5 Å². The van der Waals surface area contributed by atoms with E-state index in [1.807, 2.05) is 6.07 Å². The van der Waals surface area contributed by atoms with Crippen LogP contribution in [-0.4, -0.2) is 50.5 Å². The summed E-state index contributed by atoms with van der Waals surface area (Å²) in [4.78, 5) is 39.5. The monoisotopic (exact) mass is 368 g/mol. The van der Waals surface area contributed by atoms with Gasteiger partial charge in [0.15, 0.2) is 6.61 Å². The Kier molecular flexibility index (Phi) is 5.12. The number of carbonyl (C=O) groups excluding carboxylic acids is 3. The standard InChI is InChI=1S/C20H20N2O5/c1-21(2)19(24)14-6-4-5-13(9-14)11-22-16-10-15(20(25)26-3)7-8-17(16)27-12-18(22)23/h4-10H,11-12H2,1-3H3. The molecule has 0 fully saturated rings. The molecule has 1 aliphatic heterocycles. The van der Waals surface area contributed by atoms with Crippen LogP contribution in [-0.2, 0) is 16.1 Å². The highest BCUT2D eigenvalue weighted by Crippen LogP contribution is 2.34. The van der Waals surface area contributed by atoms with Gasteiger partial charge in [-0.1, -0.05) is 12.1 Å². The molecule has 2 amide bonds. The van der Waals surface area contributed by atoms with Gasteiger partial charge < -0.3 is 19.3 Å². The minimum atomic E-state index is -0.491. The number of rotatable bonds is 4. The highest BCUT2D eigenvalue weighted by molar-refractivity contribution is 6.00. The summed E-state index contributed by atoms with van der Waals surface area (Å²) in [6.45, 7) is 0.176. The summed E-state index contributed by atoms with van der Waals surface area (Å²) in [5.41, 5.74) is 2.17. The molecule has 7 nitrogen and oxygen atoms in total.